The highest BCUT2D eigenvalue weighted by atomic mass is 32.2. The van der Waals surface area contributed by atoms with Crippen molar-refractivity contribution in [3.05, 3.63) is 18.2 Å². The molecule has 0 aliphatic carbocycles. The Morgan fingerprint density at radius 2 is 2.09 bits per heavy atom. The van der Waals surface area contributed by atoms with Crippen LogP contribution in [0.1, 0.15) is 32.6 Å². The number of H-pyrrole nitrogens is 1. The first-order valence-electron chi connectivity index (χ1n) is 7.53. The van der Waals surface area contributed by atoms with Gasteiger partial charge >= 0.3 is 6.09 Å². The number of ether oxygens (including phenoxy) is 1. The Hall–Kier alpha value is -2.09. The van der Waals surface area contributed by atoms with Crippen molar-refractivity contribution in [3.63, 3.8) is 0 Å². The van der Waals surface area contributed by atoms with Gasteiger partial charge in [-0.25, -0.2) is 18.2 Å². The predicted octanol–water partition coefficient (Wildman–Crippen LogP) is 3.10. The van der Waals surface area contributed by atoms with E-state index in [0.717, 1.165) is 19.3 Å². The van der Waals surface area contributed by atoms with Gasteiger partial charge in [0.1, 0.15) is 0 Å². The average molecular weight is 339 g/mol. The van der Waals surface area contributed by atoms with Gasteiger partial charge in [0.15, 0.2) is 9.84 Å². The van der Waals surface area contributed by atoms with Crippen molar-refractivity contribution < 1.29 is 17.9 Å². The van der Waals surface area contributed by atoms with Crippen molar-refractivity contribution in [2.75, 3.05) is 18.2 Å². The Labute approximate surface area is 135 Å². The summed E-state index contributed by atoms with van der Waals surface area (Å²) in [6.07, 6.45) is 3.03. The fourth-order valence-corrected chi connectivity index (χ4v) is 3.62. The van der Waals surface area contributed by atoms with E-state index < -0.39 is 15.9 Å². The number of nitrogens with zero attached hydrogens (tertiary/aromatic N) is 1. The van der Waals surface area contributed by atoms with E-state index in [1.54, 1.807) is 18.2 Å². The number of aromatic amines is 1. The van der Waals surface area contributed by atoms with E-state index in [0.29, 0.717) is 17.5 Å². The van der Waals surface area contributed by atoms with Crippen molar-refractivity contribution in [2.45, 2.75) is 37.5 Å². The summed E-state index contributed by atoms with van der Waals surface area (Å²) < 4.78 is 29.2. The molecule has 23 heavy (non-hydrogen) atoms. The molecule has 1 amide bonds. The molecule has 2 rings (SSSR count). The molecule has 0 fully saturated rings. The third-order valence-electron chi connectivity index (χ3n) is 3.48. The molecular weight excluding hydrogens is 318 g/mol. The fourth-order valence-electron chi connectivity index (χ4n) is 2.23. The third kappa shape index (κ3) is 4.44. The summed E-state index contributed by atoms with van der Waals surface area (Å²) >= 11 is 0. The second-order valence-corrected chi connectivity index (χ2v) is 7.37. The number of anilines is 1. The third-order valence-corrected chi connectivity index (χ3v) is 5.28. The Morgan fingerprint density at radius 3 is 2.78 bits per heavy atom. The van der Waals surface area contributed by atoms with Gasteiger partial charge in [-0.3, -0.25) is 5.32 Å². The molecule has 7 nitrogen and oxygen atoms in total. The Balaban J connectivity index is 2.17. The lowest BCUT2D eigenvalue weighted by Gasteiger charge is -2.04. The lowest BCUT2D eigenvalue weighted by Crippen LogP contribution is -2.11. The van der Waals surface area contributed by atoms with Crippen molar-refractivity contribution >= 4 is 32.9 Å². The number of hydrogen-bond acceptors (Lipinski definition) is 5. The number of imidazole rings is 1. The van der Waals surface area contributed by atoms with Crippen LogP contribution in [0.2, 0.25) is 0 Å². The van der Waals surface area contributed by atoms with E-state index in [1.165, 1.54) is 7.11 Å². The number of hydrogen-bond donors (Lipinski definition) is 2. The number of sulfone groups is 1. The second kappa shape index (κ2) is 7.45. The number of unbranched alkanes of at least 4 members (excludes halogenated alkanes) is 3. The molecule has 0 saturated heterocycles. The summed E-state index contributed by atoms with van der Waals surface area (Å²) in [5, 5.41) is 2.41. The maximum atomic E-state index is 12.3. The van der Waals surface area contributed by atoms with Gasteiger partial charge in [0.05, 0.1) is 28.8 Å². The maximum absolute atomic E-state index is 12.3. The molecule has 1 aromatic heterocycles. The zero-order chi connectivity index (χ0) is 16.9. The largest absolute Gasteiger partial charge is 0.453 e. The smallest absolute Gasteiger partial charge is 0.413 e. The highest BCUT2D eigenvalue weighted by molar-refractivity contribution is 7.91. The highest BCUT2D eigenvalue weighted by Gasteiger charge is 2.16. The number of amides is 1. The number of carbonyl (C=O) groups is 1. The molecule has 0 saturated carbocycles. The lowest BCUT2D eigenvalue weighted by molar-refractivity contribution is 0.186. The average Bonchev–Trinajstić information content (AvgIpc) is 2.92. The molecule has 0 aliphatic rings. The van der Waals surface area contributed by atoms with E-state index in [4.69, 9.17) is 0 Å². The summed E-state index contributed by atoms with van der Waals surface area (Å²) in [6, 6.07) is 4.70. The molecule has 0 atom stereocenters. The standard InChI is InChI=1S/C15H21N3O4S/c1-3-4-5-6-9-23(20,21)11-7-8-12-13(10-11)17-14(16-12)18-15(19)22-2/h7-8,10H,3-6,9H2,1-2H3,(H2,16,17,18,19). The number of nitrogens with one attached hydrogen (secondary N) is 2. The molecular formula is C15H21N3O4S. The van der Waals surface area contributed by atoms with Crippen LogP contribution in [0.3, 0.4) is 0 Å². The monoisotopic (exact) mass is 339 g/mol. The van der Waals surface area contributed by atoms with Gasteiger partial charge in [-0.1, -0.05) is 26.2 Å². The minimum atomic E-state index is -3.31. The van der Waals surface area contributed by atoms with Crippen LogP contribution in [0, 0.1) is 0 Å². The van der Waals surface area contributed by atoms with Crippen LogP contribution in [0.25, 0.3) is 11.0 Å². The van der Waals surface area contributed by atoms with Crippen LogP contribution in [-0.2, 0) is 14.6 Å². The minimum Gasteiger partial charge on any atom is -0.453 e. The molecule has 1 aromatic carbocycles. The van der Waals surface area contributed by atoms with Gasteiger partial charge in [-0.05, 0) is 24.6 Å². The van der Waals surface area contributed by atoms with E-state index in [1.807, 2.05) is 0 Å². The first-order valence-corrected chi connectivity index (χ1v) is 9.19. The van der Waals surface area contributed by atoms with Crippen molar-refractivity contribution in [2.24, 2.45) is 0 Å². The van der Waals surface area contributed by atoms with E-state index >= 15 is 0 Å². The molecule has 0 aliphatic heterocycles. The van der Waals surface area contributed by atoms with Gasteiger partial charge in [0.2, 0.25) is 5.95 Å². The van der Waals surface area contributed by atoms with Crippen LogP contribution in [0.5, 0.6) is 0 Å². The van der Waals surface area contributed by atoms with Gasteiger partial charge in [-0.15, -0.1) is 0 Å². The Morgan fingerprint density at radius 1 is 1.30 bits per heavy atom. The van der Waals surface area contributed by atoms with E-state index in [9.17, 15) is 13.2 Å². The molecule has 2 N–H and O–H groups in total. The number of aromatic nitrogens is 2. The number of fused-ring (bicyclic) bond motifs is 1. The molecule has 0 radical (unpaired) electrons. The molecule has 0 spiro atoms. The van der Waals surface area contributed by atoms with E-state index in [-0.39, 0.29) is 16.6 Å². The van der Waals surface area contributed by atoms with Crippen LogP contribution < -0.4 is 5.32 Å². The first-order chi connectivity index (χ1) is 11.0. The highest BCUT2D eigenvalue weighted by Crippen LogP contribution is 2.21. The topological polar surface area (TPSA) is 101 Å². The molecule has 0 unspecified atom stereocenters. The summed E-state index contributed by atoms with van der Waals surface area (Å²) in [6.45, 7) is 2.08. The summed E-state index contributed by atoms with van der Waals surface area (Å²) in [4.78, 5) is 18.4. The van der Waals surface area contributed by atoms with Crippen LogP contribution in [0.4, 0.5) is 10.7 Å². The van der Waals surface area contributed by atoms with Crippen molar-refractivity contribution in [1.82, 2.24) is 9.97 Å². The zero-order valence-corrected chi connectivity index (χ0v) is 14.1. The van der Waals surface area contributed by atoms with Crippen molar-refractivity contribution in [1.29, 1.82) is 0 Å². The Kier molecular flexibility index (Phi) is 5.59. The lowest BCUT2D eigenvalue weighted by atomic mass is 10.2. The summed E-state index contributed by atoms with van der Waals surface area (Å²) in [7, 11) is -2.06. The van der Waals surface area contributed by atoms with Crippen LogP contribution >= 0.6 is 0 Å². The quantitative estimate of drug-likeness (QED) is 0.755. The summed E-state index contributed by atoms with van der Waals surface area (Å²) in [5.41, 5.74) is 1.12. The van der Waals surface area contributed by atoms with Gasteiger partial charge in [0.25, 0.3) is 0 Å². The molecule has 0 bridgehead atoms. The second-order valence-electron chi connectivity index (χ2n) is 5.26. The number of methoxy groups -OCH3 is 1. The first kappa shape index (κ1) is 17.3. The summed E-state index contributed by atoms with van der Waals surface area (Å²) in [5.74, 6) is 0.351. The molecule has 2 aromatic rings. The molecule has 1 heterocycles. The zero-order valence-electron chi connectivity index (χ0n) is 13.3. The SMILES string of the molecule is CCCCCCS(=O)(=O)c1ccc2nc(NC(=O)OC)[nH]c2c1. The normalized spacial score (nSPS) is 11.6. The predicted molar refractivity (Wildman–Crippen MR) is 88.3 cm³/mol. The van der Waals surface area contributed by atoms with Gasteiger partial charge in [-0.2, -0.15) is 0 Å². The van der Waals surface area contributed by atoms with Crippen LogP contribution in [-0.4, -0.2) is 37.3 Å². The minimum absolute atomic E-state index is 0.139. The number of benzene rings is 1. The van der Waals surface area contributed by atoms with Crippen LogP contribution in [0.15, 0.2) is 23.1 Å². The Bertz CT molecular complexity index is 783. The number of rotatable bonds is 7. The van der Waals surface area contributed by atoms with Crippen molar-refractivity contribution in [3.8, 4) is 0 Å². The van der Waals surface area contributed by atoms with Gasteiger partial charge in [0, 0.05) is 0 Å². The van der Waals surface area contributed by atoms with Gasteiger partial charge < -0.3 is 9.72 Å². The maximum Gasteiger partial charge on any atom is 0.413 e. The fraction of sp³-hybridized carbons (Fsp3) is 0.467. The van der Waals surface area contributed by atoms with E-state index in [2.05, 4.69) is 26.9 Å². The number of carbonyl (C=O) groups excluding carboxylic acids is 1. The molecule has 8 heteroatoms. The molecule has 126 valence electrons.